The van der Waals surface area contributed by atoms with E-state index in [2.05, 4.69) is 4.98 Å². The van der Waals surface area contributed by atoms with E-state index < -0.39 is 0 Å². The van der Waals surface area contributed by atoms with Crippen molar-refractivity contribution in [2.45, 2.75) is 5.88 Å². The number of benzene rings is 1. The molecule has 0 atom stereocenters. The van der Waals surface area contributed by atoms with Gasteiger partial charge in [0, 0.05) is 11.6 Å². The molecule has 3 nitrogen and oxygen atoms in total. The lowest BCUT2D eigenvalue weighted by Gasteiger charge is -2.03. The molecule has 0 aliphatic carbocycles. The largest absolute Gasteiger partial charge is 0.437 e. The Kier molecular flexibility index (Phi) is 2.93. The van der Waals surface area contributed by atoms with Crippen molar-refractivity contribution in [2.75, 3.05) is 0 Å². The fraction of sp³-hybridized carbons (Fsp3) is 0.0833. The van der Waals surface area contributed by atoms with Crippen LogP contribution >= 0.6 is 22.9 Å². The van der Waals surface area contributed by atoms with Crippen LogP contribution in [0.15, 0.2) is 35.8 Å². The summed E-state index contributed by atoms with van der Waals surface area (Å²) in [4.78, 5) is 5.16. The first-order chi connectivity index (χ1) is 8.78. The number of aromatic nitrogens is 2. The Morgan fingerprint density at radius 2 is 2.11 bits per heavy atom. The van der Waals surface area contributed by atoms with E-state index in [-0.39, 0.29) is 5.82 Å². The summed E-state index contributed by atoms with van der Waals surface area (Å²) in [7, 11) is 0. The molecule has 0 amide bonds. The van der Waals surface area contributed by atoms with Crippen LogP contribution in [0.3, 0.4) is 0 Å². The van der Waals surface area contributed by atoms with Gasteiger partial charge in [0.05, 0.1) is 5.88 Å². The number of alkyl halides is 1. The zero-order valence-electron chi connectivity index (χ0n) is 9.14. The second kappa shape index (κ2) is 4.59. The van der Waals surface area contributed by atoms with Gasteiger partial charge >= 0.3 is 0 Å². The molecule has 0 N–H and O–H groups in total. The Balaban J connectivity index is 1.98. The molecule has 0 fully saturated rings. The topological polar surface area (TPSA) is 26.5 Å². The summed E-state index contributed by atoms with van der Waals surface area (Å²) in [5, 5.41) is 1.93. The van der Waals surface area contributed by atoms with Crippen LogP contribution in [0.2, 0.25) is 0 Å². The molecule has 1 aromatic carbocycles. The van der Waals surface area contributed by atoms with E-state index in [1.807, 2.05) is 16.0 Å². The number of hydrogen-bond donors (Lipinski definition) is 0. The molecular formula is C12H8ClFN2OS. The summed E-state index contributed by atoms with van der Waals surface area (Å²) in [6, 6.07) is 5.80. The van der Waals surface area contributed by atoms with Gasteiger partial charge < -0.3 is 4.74 Å². The predicted octanol–water partition coefficient (Wildman–Crippen LogP) is 4.07. The third-order valence-corrected chi connectivity index (χ3v) is 3.49. The molecule has 0 aliphatic rings. The highest BCUT2D eigenvalue weighted by atomic mass is 35.5. The number of nitrogens with zero attached hydrogens (tertiary/aromatic N) is 2. The molecule has 0 unspecified atom stereocenters. The van der Waals surface area contributed by atoms with Gasteiger partial charge in [-0.2, -0.15) is 4.98 Å². The minimum Gasteiger partial charge on any atom is -0.437 e. The van der Waals surface area contributed by atoms with Gasteiger partial charge in [-0.15, -0.1) is 22.9 Å². The SMILES string of the molecule is Fc1ccc(Oc2nc3sccn3c2CCl)cc1. The van der Waals surface area contributed by atoms with Crippen LogP contribution in [-0.4, -0.2) is 9.38 Å². The number of halogens is 2. The molecule has 2 aromatic heterocycles. The van der Waals surface area contributed by atoms with Crippen molar-refractivity contribution in [1.82, 2.24) is 9.38 Å². The first kappa shape index (κ1) is 11.5. The Bertz CT molecular complexity index is 677. The van der Waals surface area contributed by atoms with Crippen molar-refractivity contribution >= 4 is 27.9 Å². The van der Waals surface area contributed by atoms with Crippen molar-refractivity contribution in [3.8, 4) is 11.6 Å². The Hall–Kier alpha value is -1.59. The number of thiazole rings is 1. The number of fused-ring (bicyclic) bond motifs is 1. The lowest BCUT2D eigenvalue weighted by molar-refractivity contribution is 0.460. The second-order valence-corrected chi connectivity index (χ2v) is 4.75. The predicted molar refractivity (Wildman–Crippen MR) is 69.1 cm³/mol. The van der Waals surface area contributed by atoms with Crippen molar-refractivity contribution in [1.29, 1.82) is 0 Å². The summed E-state index contributed by atoms with van der Waals surface area (Å²) in [6.45, 7) is 0. The molecule has 0 aliphatic heterocycles. The highest BCUT2D eigenvalue weighted by Gasteiger charge is 2.14. The number of imidazole rings is 1. The van der Waals surface area contributed by atoms with Gasteiger partial charge in [0.25, 0.3) is 0 Å². The summed E-state index contributed by atoms with van der Waals surface area (Å²) in [6.07, 6.45) is 1.89. The highest BCUT2D eigenvalue weighted by Crippen LogP contribution is 2.28. The van der Waals surface area contributed by atoms with Crippen LogP contribution in [0.4, 0.5) is 4.39 Å². The fourth-order valence-corrected chi connectivity index (χ4v) is 2.60. The van der Waals surface area contributed by atoms with Crippen molar-refractivity contribution in [3.63, 3.8) is 0 Å². The standard InChI is InChI=1S/C12H8ClFN2OS/c13-7-10-11(15-12-16(10)5-6-18-12)17-9-3-1-8(14)2-4-9/h1-6H,7H2. The van der Waals surface area contributed by atoms with Crippen LogP contribution in [-0.2, 0) is 5.88 Å². The number of rotatable bonds is 3. The van der Waals surface area contributed by atoms with E-state index >= 15 is 0 Å². The van der Waals surface area contributed by atoms with Crippen molar-refractivity contribution in [3.05, 3.63) is 47.4 Å². The first-order valence-electron chi connectivity index (χ1n) is 5.22. The maximum atomic E-state index is 12.8. The lowest BCUT2D eigenvalue weighted by atomic mass is 10.3. The summed E-state index contributed by atoms with van der Waals surface area (Å²) in [5.41, 5.74) is 0.789. The van der Waals surface area contributed by atoms with Gasteiger partial charge in [-0.25, -0.2) is 4.39 Å². The average Bonchev–Trinajstić information content (AvgIpc) is 2.92. The van der Waals surface area contributed by atoms with E-state index in [0.717, 1.165) is 10.7 Å². The highest BCUT2D eigenvalue weighted by molar-refractivity contribution is 7.15. The molecule has 0 radical (unpaired) electrons. The van der Waals surface area contributed by atoms with Crippen molar-refractivity contribution in [2.24, 2.45) is 0 Å². The average molecular weight is 283 g/mol. The number of hydrogen-bond acceptors (Lipinski definition) is 3. The lowest BCUT2D eigenvalue weighted by Crippen LogP contribution is -1.91. The quantitative estimate of drug-likeness (QED) is 0.677. The van der Waals surface area contributed by atoms with E-state index in [4.69, 9.17) is 16.3 Å². The van der Waals surface area contributed by atoms with E-state index in [1.54, 1.807) is 12.1 Å². The molecular weight excluding hydrogens is 275 g/mol. The third-order valence-electron chi connectivity index (χ3n) is 2.48. The maximum Gasteiger partial charge on any atom is 0.243 e. The molecule has 0 spiro atoms. The van der Waals surface area contributed by atoms with Gasteiger partial charge in [-0.1, -0.05) is 0 Å². The Morgan fingerprint density at radius 1 is 1.33 bits per heavy atom. The second-order valence-electron chi connectivity index (χ2n) is 3.61. The van der Waals surface area contributed by atoms with Gasteiger partial charge in [-0.3, -0.25) is 4.40 Å². The smallest absolute Gasteiger partial charge is 0.243 e. The summed E-state index contributed by atoms with van der Waals surface area (Å²) < 4.78 is 20.3. The first-order valence-corrected chi connectivity index (χ1v) is 6.63. The molecule has 0 bridgehead atoms. The van der Waals surface area contributed by atoms with Crippen LogP contribution in [0.25, 0.3) is 4.96 Å². The van der Waals surface area contributed by atoms with Crippen molar-refractivity contribution < 1.29 is 9.13 Å². The zero-order valence-corrected chi connectivity index (χ0v) is 10.7. The molecule has 0 saturated carbocycles. The molecule has 3 rings (SSSR count). The molecule has 6 heteroatoms. The van der Waals surface area contributed by atoms with Crippen LogP contribution in [0.5, 0.6) is 11.6 Å². The minimum absolute atomic E-state index is 0.300. The molecule has 3 aromatic rings. The van der Waals surface area contributed by atoms with Crippen LogP contribution in [0, 0.1) is 5.82 Å². The third kappa shape index (κ3) is 1.95. The normalized spacial score (nSPS) is 11.0. The zero-order chi connectivity index (χ0) is 12.5. The van der Waals surface area contributed by atoms with E-state index in [1.165, 1.54) is 23.5 Å². The minimum atomic E-state index is -0.300. The van der Waals surface area contributed by atoms with Gasteiger partial charge in [0.1, 0.15) is 17.3 Å². The van der Waals surface area contributed by atoms with Crippen LogP contribution < -0.4 is 4.74 Å². The van der Waals surface area contributed by atoms with Gasteiger partial charge in [-0.05, 0) is 24.3 Å². The fourth-order valence-electron chi connectivity index (χ4n) is 1.63. The van der Waals surface area contributed by atoms with Crippen LogP contribution in [0.1, 0.15) is 5.69 Å². The van der Waals surface area contributed by atoms with Gasteiger partial charge in [0.2, 0.25) is 5.88 Å². The van der Waals surface area contributed by atoms with E-state index in [0.29, 0.717) is 17.5 Å². The molecule has 92 valence electrons. The summed E-state index contributed by atoms with van der Waals surface area (Å²) >= 11 is 7.41. The molecule has 18 heavy (non-hydrogen) atoms. The van der Waals surface area contributed by atoms with E-state index in [9.17, 15) is 4.39 Å². The maximum absolute atomic E-state index is 12.8. The van der Waals surface area contributed by atoms with Gasteiger partial charge in [0.15, 0.2) is 4.96 Å². The number of ether oxygens (including phenoxy) is 1. The Labute approximate surface area is 111 Å². The monoisotopic (exact) mass is 282 g/mol. The molecule has 0 saturated heterocycles. The summed E-state index contributed by atoms with van der Waals surface area (Å²) in [5.74, 6) is 0.997. The Morgan fingerprint density at radius 3 is 2.83 bits per heavy atom. The molecule has 2 heterocycles.